The van der Waals surface area contributed by atoms with Crippen LogP contribution in [-0.2, 0) is 6.54 Å². The Morgan fingerprint density at radius 2 is 2.05 bits per heavy atom. The first kappa shape index (κ1) is 13.1. The van der Waals surface area contributed by atoms with Crippen molar-refractivity contribution >= 4 is 32.7 Å². The van der Waals surface area contributed by atoms with Crippen LogP contribution in [0.3, 0.4) is 0 Å². The van der Waals surface area contributed by atoms with Gasteiger partial charge < -0.3 is 10.3 Å². The third-order valence-electron chi connectivity index (χ3n) is 3.28. The van der Waals surface area contributed by atoms with E-state index in [-0.39, 0.29) is 5.82 Å². The standard InChI is InChI=1S/C15H13BrFN3/c1-2-20-14-8-10(17)4-6-13(14)19-15(20)11-7-9(16)3-5-12(11)18/h3-8H,2,18H2,1H3. The number of aromatic nitrogens is 2. The molecule has 0 aliphatic rings. The normalized spacial score (nSPS) is 11.2. The number of nitrogens with zero attached hydrogens (tertiary/aromatic N) is 2. The van der Waals surface area contributed by atoms with Crippen LogP contribution in [0.2, 0.25) is 0 Å². The van der Waals surface area contributed by atoms with Crippen molar-refractivity contribution in [3.63, 3.8) is 0 Å². The largest absolute Gasteiger partial charge is 0.398 e. The van der Waals surface area contributed by atoms with Gasteiger partial charge >= 0.3 is 0 Å². The van der Waals surface area contributed by atoms with Crippen LogP contribution in [0.4, 0.5) is 10.1 Å². The minimum Gasteiger partial charge on any atom is -0.398 e. The molecule has 0 aliphatic carbocycles. The summed E-state index contributed by atoms with van der Waals surface area (Å²) >= 11 is 3.44. The average molecular weight is 334 g/mol. The van der Waals surface area contributed by atoms with Gasteiger partial charge in [-0.2, -0.15) is 0 Å². The van der Waals surface area contributed by atoms with Crippen molar-refractivity contribution in [1.82, 2.24) is 9.55 Å². The predicted molar refractivity (Wildman–Crippen MR) is 82.9 cm³/mol. The maximum Gasteiger partial charge on any atom is 0.143 e. The molecule has 5 heteroatoms. The Bertz CT molecular complexity index is 795. The highest BCUT2D eigenvalue weighted by Crippen LogP contribution is 2.31. The molecule has 102 valence electrons. The molecule has 3 rings (SSSR count). The lowest BCUT2D eigenvalue weighted by molar-refractivity contribution is 0.628. The first-order chi connectivity index (χ1) is 9.60. The van der Waals surface area contributed by atoms with E-state index in [1.165, 1.54) is 12.1 Å². The summed E-state index contributed by atoms with van der Waals surface area (Å²) in [6.45, 7) is 2.70. The second-order valence-electron chi connectivity index (χ2n) is 4.54. The van der Waals surface area contributed by atoms with E-state index in [4.69, 9.17) is 5.73 Å². The molecule has 1 heterocycles. The summed E-state index contributed by atoms with van der Waals surface area (Å²) in [6, 6.07) is 10.3. The highest BCUT2D eigenvalue weighted by Gasteiger charge is 2.14. The molecule has 0 bridgehead atoms. The van der Waals surface area contributed by atoms with Gasteiger partial charge in [0.05, 0.1) is 11.0 Å². The molecule has 0 atom stereocenters. The Morgan fingerprint density at radius 1 is 1.25 bits per heavy atom. The lowest BCUT2D eigenvalue weighted by Crippen LogP contribution is -2.00. The number of nitrogen functional groups attached to an aromatic ring is 1. The molecular formula is C15H13BrFN3. The fourth-order valence-corrected chi connectivity index (χ4v) is 2.70. The number of hydrogen-bond acceptors (Lipinski definition) is 2. The van der Waals surface area contributed by atoms with E-state index < -0.39 is 0 Å². The zero-order valence-corrected chi connectivity index (χ0v) is 12.5. The van der Waals surface area contributed by atoms with E-state index in [0.29, 0.717) is 12.2 Å². The first-order valence-corrected chi connectivity index (χ1v) is 7.10. The van der Waals surface area contributed by atoms with E-state index in [2.05, 4.69) is 20.9 Å². The van der Waals surface area contributed by atoms with Crippen molar-refractivity contribution in [1.29, 1.82) is 0 Å². The number of aryl methyl sites for hydroxylation is 1. The second kappa shape index (κ2) is 4.90. The summed E-state index contributed by atoms with van der Waals surface area (Å²) in [7, 11) is 0. The van der Waals surface area contributed by atoms with Gasteiger partial charge in [-0.3, -0.25) is 0 Å². The van der Waals surface area contributed by atoms with Crippen molar-refractivity contribution in [2.75, 3.05) is 5.73 Å². The van der Waals surface area contributed by atoms with Crippen molar-refractivity contribution in [2.24, 2.45) is 0 Å². The summed E-state index contributed by atoms with van der Waals surface area (Å²) in [4.78, 5) is 4.59. The highest BCUT2D eigenvalue weighted by atomic mass is 79.9. The average Bonchev–Trinajstić information content (AvgIpc) is 2.79. The maximum atomic E-state index is 13.4. The lowest BCUT2D eigenvalue weighted by Gasteiger charge is -2.09. The van der Waals surface area contributed by atoms with Gasteiger partial charge in [-0.15, -0.1) is 0 Å². The van der Waals surface area contributed by atoms with Crippen molar-refractivity contribution in [2.45, 2.75) is 13.5 Å². The van der Waals surface area contributed by atoms with E-state index >= 15 is 0 Å². The number of anilines is 1. The Hall–Kier alpha value is -1.88. The van der Waals surface area contributed by atoms with Crippen LogP contribution in [0.25, 0.3) is 22.4 Å². The predicted octanol–water partition coefficient (Wildman–Crippen LogP) is 4.21. The maximum absolute atomic E-state index is 13.4. The van der Waals surface area contributed by atoms with Gasteiger partial charge in [0, 0.05) is 22.3 Å². The molecular weight excluding hydrogens is 321 g/mol. The minimum atomic E-state index is -0.263. The quantitative estimate of drug-likeness (QED) is 0.714. The Labute approximate surface area is 124 Å². The number of imidazole rings is 1. The Morgan fingerprint density at radius 3 is 2.80 bits per heavy atom. The molecule has 3 nitrogen and oxygen atoms in total. The van der Waals surface area contributed by atoms with Crippen LogP contribution in [0.5, 0.6) is 0 Å². The smallest absolute Gasteiger partial charge is 0.143 e. The molecule has 1 aromatic heterocycles. The molecule has 20 heavy (non-hydrogen) atoms. The molecule has 0 saturated carbocycles. The fraction of sp³-hybridized carbons (Fsp3) is 0.133. The summed E-state index contributed by atoms with van der Waals surface area (Å²) in [6.07, 6.45) is 0. The molecule has 0 unspecified atom stereocenters. The highest BCUT2D eigenvalue weighted by molar-refractivity contribution is 9.10. The molecule has 2 aromatic carbocycles. The van der Waals surface area contributed by atoms with E-state index in [9.17, 15) is 4.39 Å². The van der Waals surface area contributed by atoms with Crippen molar-refractivity contribution in [3.05, 3.63) is 46.7 Å². The molecule has 0 spiro atoms. The third-order valence-corrected chi connectivity index (χ3v) is 3.78. The summed E-state index contributed by atoms with van der Waals surface area (Å²) in [5.41, 5.74) is 9.09. The molecule has 0 aliphatic heterocycles. The SMILES string of the molecule is CCn1c(-c2cc(Br)ccc2N)nc2ccc(F)cc21. The van der Waals surface area contributed by atoms with Crippen LogP contribution in [0.1, 0.15) is 6.92 Å². The van der Waals surface area contributed by atoms with Gasteiger partial charge in [-0.1, -0.05) is 15.9 Å². The Balaban J connectivity index is 2.33. The summed E-state index contributed by atoms with van der Waals surface area (Å²) in [5.74, 6) is 0.493. The van der Waals surface area contributed by atoms with E-state index in [1.54, 1.807) is 6.07 Å². The van der Waals surface area contributed by atoms with Crippen LogP contribution >= 0.6 is 15.9 Å². The van der Waals surface area contributed by atoms with Crippen molar-refractivity contribution in [3.8, 4) is 11.4 Å². The monoisotopic (exact) mass is 333 g/mol. The Kier molecular flexibility index (Phi) is 3.22. The first-order valence-electron chi connectivity index (χ1n) is 6.31. The number of fused-ring (bicyclic) bond motifs is 1. The topological polar surface area (TPSA) is 43.8 Å². The third kappa shape index (κ3) is 2.08. The van der Waals surface area contributed by atoms with E-state index in [0.717, 1.165) is 26.9 Å². The number of rotatable bonds is 2. The van der Waals surface area contributed by atoms with E-state index in [1.807, 2.05) is 29.7 Å². The number of hydrogen-bond donors (Lipinski definition) is 1. The van der Waals surface area contributed by atoms with Gasteiger partial charge in [0.25, 0.3) is 0 Å². The van der Waals surface area contributed by atoms with Gasteiger partial charge in [0.15, 0.2) is 0 Å². The molecule has 0 radical (unpaired) electrons. The zero-order valence-electron chi connectivity index (χ0n) is 10.9. The zero-order chi connectivity index (χ0) is 14.3. The minimum absolute atomic E-state index is 0.263. The molecule has 0 amide bonds. The van der Waals surface area contributed by atoms with Crippen LogP contribution in [0.15, 0.2) is 40.9 Å². The van der Waals surface area contributed by atoms with Gasteiger partial charge in [-0.25, -0.2) is 9.37 Å². The lowest BCUT2D eigenvalue weighted by atomic mass is 10.1. The number of benzene rings is 2. The molecule has 2 N–H and O–H groups in total. The molecule has 3 aromatic rings. The van der Waals surface area contributed by atoms with Crippen LogP contribution in [0, 0.1) is 5.82 Å². The van der Waals surface area contributed by atoms with Gasteiger partial charge in [0.2, 0.25) is 0 Å². The van der Waals surface area contributed by atoms with Gasteiger partial charge in [-0.05, 0) is 43.3 Å². The fourth-order valence-electron chi connectivity index (χ4n) is 2.34. The number of halogens is 2. The van der Waals surface area contributed by atoms with Crippen LogP contribution < -0.4 is 5.73 Å². The van der Waals surface area contributed by atoms with Crippen molar-refractivity contribution < 1.29 is 4.39 Å². The molecule has 0 fully saturated rings. The second-order valence-corrected chi connectivity index (χ2v) is 5.46. The van der Waals surface area contributed by atoms with Gasteiger partial charge in [0.1, 0.15) is 11.6 Å². The molecule has 0 saturated heterocycles. The summed E-state index contributed by atoms with van der Waals surface area (Å²) in [5, 5.41) is 0. The number of nitrogens with two attached hydrogens (primary N) is 1. The summed E-state index contributed by atoms with van der Waals surface area (Å²) < 4.78 is 16.3. The van der Waals surface area contributed by atoms with Crippen LogP contribution in [-0.4, -0.2) is 9.55 Å².